The molecule has 7 nitrogen and oxygen atoms in total. The van der Waals surface area contributed by atoms with Crippen molar-refractivity contribution in [1.29, 1.82) is 0 Å². The number of hydrogen-bond acceptors (Lipinski definition) is 5. The van der Waals surface area contributed by atoms with Crippen LogP contribution in [0, 0.1) is 5.82 Å². The highest BCUT2D eigenvalue weighted by molar-refractivity contribution is 6.23. The highest BCUT2D eigenvalue weighted by atomic mass is 19.1. The van der Waals surface area contributed by atoms with Gasteiger partial charge in [0.15, 0.2) is 5.58 Å². The van der Waals surface area contributed by atoms with Crippen LogP contribution >= 0.6 is 0 Å². The van der Waals surface area contributed by atoms with Crippen LogP contribution < -0.4 is 4.90 Å². The van der Waals surface area contributed by atoms with Crippen molar-refractivity contribution >= 4 is 34.5 Å². The van der Waals surface area contributed by atoms with Crippen molar-refractivity contribution in [3.05, 3.63) is 96.8 Å². The third-order valence-corrected chi connectivity index (χ3v) is 5.86. The van der Waals surface area contributed by atoms with Crippen molar-refractivity contribution < 1.29 is 23.2 Å². The quantitative estimate of drug-likeness (QED) is 0.305. The van der Waals surface area contributed by atoms with Gasteiger partial charge in [-0.3, -0.25) is 14.4 Å². The number of imide groups is 1. The van der Waals surface area contributed by atoms with Crippen LogP contribution in [-0.4, -0.2) is 40.2 Å². The molecule has 1 saturated heterocycles. The summed E-state index contributed by atoms with van der Waals surface area (Å²) in [5.74, 6) is -1.97. The summed E-state index contributed by atoms with van der Waals surface area (Å²) in [5.41, 5.74) is 2.25. The summed E-state index contributed by atoms with van der Waals surface area (Å²) in [6, 6.07) is 18.5. The molecule has 1 unspecified atom stereocenters. The van der Waals surface area contributed by atoms with Crippen molar-refractivity contribution in [2.75, 3.05) is 11.4 Å². The third-order valence-electron chi connectivity index (χ3n) is 5.86. The summed E-state index contributed by atoms with van der Waals surface area (Å²) < 4.78 is 20.0. The molecule has 1 aliphatic heterocycles. The van der Waals surface area contributed by atoms with Gasteiger partial charge in [-0.25, -0.2) is 14.3 Å². The van der Waals surface area contributed by atoms with Gasteiger partial charge in [-0.1, -0.05) is 30.3 Å². The molecule has 1 aliphatic rings. The Morgan fingerprint density at radius 2 is 1.80 bits per heavy atom. The average Bonchev–Trinajstić information content (AvgIpc) is 3.43. The molecule has 3 aromatic carbocycles. The molecule has 0 N–H and O–H groups in total. The number of rotatable bonds is 6. The normalized spacial score (nSPS) is 15.6. The Hall–Kier alpha value is -4.59. The number of amides is 3. The van der Waals surface area contributed by atoms with Crippen molar-refractivity contribution in [3.8, 4) is 11.5 Å². The Morgan fingerprint density at radius 3 is 2.51 bits per heavy atom. The molecule has 4 aromatic rings. The van der Waals surface area contributed by atoms with Crippen LogP contribution in [0.5, 0.6) is 0 Å². The lowest BCUT2D eigenvalue weighted by Crippen LogP contribution is -2.45. The molecule has 1 atom stereocenters. The van der Waals surface area contributed by atoms with Crippen LogP contribution in [0.4, 0.5) is 10.1 Å². The van der Waals surface area contributed by atoms with Gasteiger partial charge < -0.3 is 9.32 Å². The van der Waals surface area contributed by atoms with Gasteiger partial charge in [0, 0.05) is 12.1 Å². The fourth-order valence-electron chi connectivity index (χ4n) is 4.16. The maximum absolute atomic E-state index is 14.2. The topological polar surface area (TPSA) is 83.7 Å². The number of para-hydroxylation sites is 2. The Kier molecular flexibility index (Phi) is 5.70. The molecule has 0 saturated carbocycles. The monoisotopic (exact) mass is 469 g/mol. The molecule has 8 heteroatoms. The zero-order valence-corrected chi connectivity index (χ0v) is 18.6. The Bertz CT molecular complexity index is 1430. The van der Waals surface area contributed by atoms with E-state index < -0.39 is 29.6 Å². The van der Waals surface area contributed by atoms with E-state index in [4.69, 9.17) is 4.42 Å². The maximum atomic E-state index is 14.2. The number of hydrogen-bond donors (Lipinski definition) is 0. The highest BCUT2D eigenvalue weighted by Crippen LogP contribution is 2.30. The number of oxazole rings is 1. The number of carbonyl (C=O) groups excluding carboxylic acids is 3. The number of aromatic nitrogens is 1. The second-order valence-corrected chi connectivity index (χ2v) is 8.05. The van der Waals surface area contributed by atoms with Gasteiger partial charge in [0.1, 0.15) is 17.4 Å². The summed E-state index contributed by atoms with van der Waals surface area (Å²) in [4.78, 5) is 45.8. The minimum Gasteiger partial charge on any atom is -0.436 e. The number of carbonyl (C=O) groups is 3. The number of anilines is 1. The van der Waals surface area contributed by atoms with Crippen molar-refractivity contribution in [3.63, 3.8) is 0 Å². The fraction of sp³-hybridized carbons (Fsp3) is 0.111. The molecular weight excluding hydrogens is 449 g/mol. The van der Waals surface area contributed by atoms with E-state index in [2.05, 4.69) is 11.6 Å². The summed E-state index contributed by atoms with van der Waals surface area (Å²) in [7, 11) is 0. The first kappa shape index (κ1) is 22.2. The Morgan fingerprint density at radius 1 is 1.09 bits per heavy atom. The van der Waals surface area contributed by atoms with Crippen molar-refractivity contribution in [1.82, 2.24) is 9.88 Å². The van der Waals surface area contributed by atoms with E-state index >= 15 is 0 Å². The van der Waals surface area contributed by atoms with Crippen LogP contribution in [0.25, 0.3) is 22.6 Å². The molecular formula is C27H20FN3O4. The van der Waals surface area contributed by atoms with Crippen LogP contribution in [0.2, 0.25) is 0 Å². The molecule has 0 aliphatic carbocycles. The van der Waals surface area contributed by atoms with Gasteiger partial charge in [-0.2, -0.15) is 0 Å². The van der Waals surface area contributed by atoms with E-state index in [0.29, 0.717) is 22.7 Å². The number of halogens is 1. The second-order valence-electron chi connectivity index (χ2n) is 8.05. The molecule has 2 heterocycles. The highest BCUT2D eigenvalue weighted by Gasteiger charge is 2.44. The second kappa shape index (κ2) is 8.98. The molecule has 174 valence electrons. The number of benzene rings is 3. The van der Waals surface area contributed by atoms with Gasteiger partial charge in [0.25, 0.3) is 11.8 Å². The molecule has 3 amide bonds. The maximum Gasteiger partial charge on any atom is 0.257 e. The molecule has 0 spiro atoms. The lowest BCUT2D eigenvalue weighted by Gasteiger charge is -2.26. The Balaban J connectivity index is 1.41. The smallest absolute Gasteiger partial charge is 0.257 e. The SMILES string of the molecule is C=CCN(C(=O)c1ccccc1F)C1CC(=O)N(c2ccc(-c3nc4ccccc4o3)cc2)C1=O. The summed E-state index contributed by atoms with van der Waals surface area (Å²) in [6.45, 7) is 3.62. The van der Waals surface area contributed by atoms with Crippen LogP contribution in [-0.2, 0) is 9.59 Å². The molecule has 1 fully saturated rings. The van der Waals surface area contributed by atoms with Gasteiger partial charge >= 0.3 is 0 Å². The molecule has 1 aromatic heterocycles. The van der Waals surface area contributed by atoms with Gasteiger partial charge in [-0.05, 0) is 48.5 Å². The van der Waals surface area contributed by atoms with E-state index in [1.54, 1.807) is 24.3 Å². The van der Waals surface area contributed by atoms with Crippen molar-refractivity contribution in [2.45, 2.75) is 12.5 Å². The lowest BCUT2D eigenvalue weighted by atomic mass is 10.1. The number of fused-ring (bicyclic) bond motifs is 1. The predicted octanol–water partition coefficient (Wildman–Crippen LogP) is 4.59. The number of nitrogens with zero attached hydrogens (tertiary/aromatic N) is 3. The average molecular weight is 469 g/mol. The minimum atomic E-state index is -1.07. The largest absolute Gasteiger partial charge is 0.436 e. The third kappa shape index (κ3) is 3.99. The first-order chi connectivity index (χ1) is 17.0. The molecule has 35 heavy (non-hydrogen) atoms. The lowest BCUT2D eigenvalue weighted by molar-refractivity contribution is -0.122. The van der Waals surface area contributed by atoms with Gasteiger partial charge in [-0.15, -0.1) is 6.58 Å². The summed E-state index contributed by atoms with van der Waals surface area (Å²) in [5, 5.41) is 0. The minimum absolute atomic E-state index is 0.0125. The fourth-order valence-corrected chi connectivity index (χ4v) is 4.16. The Labute approximate surface area is 200 Å². The van der Waals surface area contributed by atoms with E-state index in [1.807, 2.05) is 24.3 Å². The molecule has 0 radical (unpaired) electrons. The van der Waals surface area contributed by atoms with Gasteiger partial charge in [0.2, 0.25) is 11.8 Å². The van der Waals surface area contributed by atoms with Crippen LogP contribution in [0.15, 0.2) is 89.9 Å². The van der Waals surface area contributed by atoms with E-state index in [-0.39, 0.29) is 18.5 Å². The zero-order valence-electron chi connectivity index (χ0n) is 18.6. The standard InChI is InChI=1S/C27H20FN3O4/c1-2-15-30(26(33)19-7-3-4-8-20(19)28)22-16-24(32)31(27(22)34)18-13-11-17(12-14-18)25-29-21-9-5-6-10-23(21)35-25/h2-14,22H,1,15-16H2. The van der Waals surface area contributed by atoms with Crippen LogP contribution in [0.1, 0.15) is 16.8 Å². The van der Waals surface area contributed by atoms with E-state index in [1.165, 1.54) is 35.2 Å². The van der Waals surface area contributed by atoms with Gasteiger partial charge in [0.05, 0.1) is 17.7 Å². The summed E-state index contributed by atoms with van der Waals surface area (Å²) in [6.07, 6.45) is 1.23. The first-order valence-corrected chi connectivity index (χ1v) is 11.0. The van der Waals surface area contributed by atoms with Crippen molar-refractivity contribution in [2.24, 2.45) is 0 Å². The van der Waals surface area contributed by atoms with E-state index in [0.717, 1.165) is 10.4 Å². The first-order valence-electron chi connectivity index (χ1n) is 11.0. The van der Waals surface area contributed by atoms with Crippen LogP contribution in [0.3, 0.4) is 0 Å². The molecule has 0 bridgehead atoms. The zero-order chi connectivity index (χ0) is 24.5. The predicted molar refractivity (Wildman–Crippen MR) is 128 cm³/mol. The summed E-state index contributed by atoms with van der Waals surface area (Å²) >= 11 is 0. The van der Waals surface area contributed by atoms with E-state index in [9.17, 15) is 18.8 Å². The molecule has 5 rings (SSSR count).